The molecule has 6 heteroatoms. The van der Waals surface area contributed by atoms with Crippen LogP contribution in [-0.2, 0) is 0 Å². The van der Waals surface area contributed by atoms with Crippen molar-refractivity contribution in [2.24, 2.45) is 10.9 Å². The fourth-order valence-electron chi connectivity index (χ4n) is 2.84. The van der Waals surface area contributed by atoms with Crippen LogP contribution >= 0.6 is 39.9 Å². The van der Waals surface area contributed by atoms with Gasteiger partial charge < -0.3 is 15.1 Å². The van der Waals surface area contributed by atoms with E-state index in [0.29, 0.717) is 5.92 Å². The van der Waals surface area contributed by atoms with Crippen LogP contribution in [0.15, 0.2) is 33.7 Å². The van der Waals surface area contributed by atoms with Crippen molar-refractivity contribution in [3.8, 4) is 0 Å². The number of benzene rings is 1. The average molecular weight is 465 g/mol. The Morgan fingerprint density at radius 1 is 1.29 bits per heavy atom. The fraction of sp³-hybridized carbons (Fsp3) is 0.533. The lowest BCUT2D eigenvalue weighted by Gasteiger charge is -2.20. The van der Waals surface area contributed by atoms with Gasteiger partial charge in [-0.2, -0.15) is 0 Å². The van der Waals surface area contributed by atoms with Crippen molar-refractivity contribution >= 4 is 51.6 Å². The standard InChI is InChI=1S/C15H21BrN4.HI/c1-19-9-7-17-15(19)18-10-12-6-8-20(11-12)14-4-2-13(16)3-5-14;/h2-5,12H,6-11H2,1H3,(H,17,18);1H. The lowest BCUT2D eigenvalue weighted by Crippen LogP contribution is -2.38. The summed E-state index contributed by atoms with van der Waals surface area (Å²) in [6, 6.07) is 8.61. The fourth-order valence-corrected chi connectivity index (χ4v) is 3.11. The van der Waals surface area contributed by atoms with Gasteiger partial charge in [0.05, 0.1) is 6.54 Å². The molecule has 3 rings (SSSR count). The number of rotatable bonds is 3. The van der Waals surface area contributed by atoms with Gasteiger partial charge in [-0.15, -0.1) is 24.0 Å². The van der Waals surface area contributed by atoms with Crippen molar-refractivity contribution in [2.45, 2.75) is 6.42 Å². The molecule has 0 radical (unpaired) electrons. The molecule has 1 aromatic carbocycles. The van der Waals surface area contributed by atoms with Crippen molar-refractivity contribution in [3.63, 3.8) is 0 Å². The first-order valence-corrected chi connectivity index (χ1v) is 8.01. The number of guanidine groups is 1. The van der Waals surface area contributed by atoms with Crippen molar-refractivity contribution in [2.75, 3.05) is 44.7 Å². The van der Waals surface area contributed by atoms with E-state index in [-0.39, 0.29) is 24.0 Å². The van der Waals surface area contributed by atoms with Gasteiger partial charge in [0.1, 0.15) is 0 Å². The Kier molecular flexibility index (Phi) is 6.16. The third kappa shape index (κ3) is 4.25. The first kappa shape index (κ1) is 16.9. The lowest BCUT2D eigenvalue weighted by molar-refractivity contribution is 0.508. The highest BCUT2D eigenvalue weighted by Crippen LogP contribution is 2.25. The van der Waals surface area contributed by atoms with Crippen molar-refractivity contribution in [1.29, 1.82) is 0 Å². The minimum absolute atomic E-state index is 0. The summed E-state index contributed by atoms with van der Waals surface area (Å²) in [7, 11) is 2.10. The lowest BCUT2D eigenvalue weighted by atomic mass is 10.1. The molecule has 2 aliphatic rings. The average Bonchev–Trinajstić information content (AvgIpc) is 3.06. The first-order chi connectivity index (χ1) is 9.72. The zero-order valence-corrected chi connectivity index (χ0v) is 16.2. The molecule has 0 saturated carbocycles. The second-order valence-corrected chi connectivity index (χ2v) is 6.50. The Balaban J connectivity index is 0.00000161. The Morgan fingerprint density at radius 3 is 2.71 bits per heavy atom. The highest BCUT2D eigenvalue weighted by atomic mass is 127. The number of hydrogen-bond acceptors (Lipinski definition) is 4. The SMILES string of the molecule is CN1CCN=C1NCC1CCN(c2ccc(Br)cc2)C1.I. The van der Waals surface area contributed by atoms with Crippen LogP contribution in [0.5, 0.6) is 0 Å². The zero-order valence-electron chi connectivity index (χ0n) is 12.3. The Morgan fingerprint density at radius 2 is 2.05 bits per heavy atom. The molecule has 1 aromatic rings. The number of nitrogens with one attached hydrogen (secondary N) is 1. The smallest absolute Gasteiger partial charge is 0.193 e. The molecule has 1 saturated heterocycles. The van der Waals surface area contributed by atoms with E-state index in [1.807, 2.05) is 0 Å². The molecule has 0 spiro atoms. The van der Waals surface area contributed by atoms with Gasteiger partial charge in [-0.05, 0) is 36.6 Å². The second kappa shape index (κ2) is 7.67. The molecule has 4 nitrogen and oxygen atoms in total. The van der Waals surface area contributed by atoms with E-state index in [1.54, 1.807) is 0 Å². The van der Waals surface area contributed by atoms with Crippen LogP contribution < -0.4 is 10.2 Å². The van der Waals surface area contributed by atoms with Gasteiger partial charge in [-0.25, -0.2) is 0 Å². The highest BCUT2D eigenvalue weighted by Gasteiger charge is 2.23. The number of anilines is 1. The number of hydrogen-bond donors (Lipinski definition) is 1. The normalized spacial score (nSPS) is 21.2. The first-order valence-electron chi connectivity index (χ1n) is 7.22. The second-order valence-electron chi connectivity index (χ2n) is 5.58. The minimum Gasteiger partial charge on any atom is -0.371 e. The molecule has 116 valence electrons. The Bertz CT molecular complexity index is 491. The summed E-state index contributed by atoms with van der Waals surface area (Å²) >= 11 is 3.49. The summed E-state index contributed by atoms with van der Waals surface area (Å²) in [4.78, 5) is 9.14. The predicted octanol–water partition coefficient (Wildman–Crippen LogP) is 2.78. The van der Waals surface area contributed by atoms with E-state index < -0.39 is 0 Å². The molecule has 1 atom stereocenters. The molecule has 0 aliphatic carbocycles. The van der Waals surface area contributed by atoms with E-state index in [9.17, 15) is 0 Å². The molecule has 2 heterocycles. The molecule has 1 N–H and O–H groups in total. The van der Waals surface area contributed by atoms with Gasteiger partial charge in [0.2, 0.25) is 0 Å². The van der Waals surface area contributed by atoms with Gasteiger partial charge in [-0.1, -0.05) is 15.9 Å². The highest BCUT2D eigenvalue weighted by molar-refractivity contribution is 14.0. The maximum atomic E-state index is 4.48. The molecule has 0 amide bonds. The van der Waals surface area contributed by atoms with Crippen molar-refractivity contribution in [3.05, 3.63) is 28.7 Å². The summed E-state index contributed by atoms with van der Waals surface area (Å²) in [5.41, 5.74) is 1.33. The van der Waals surface area contributed by atoms with E-state index in [4.69, 9.17) is 0 Å². The maximum Gasteiger partial charge on any atom is 0.193 e. The summed E-state index contributed by atoms with van der Waals surface area (Å²) < 4.78 is 1.14. The summed E-state index contributed by atoms with van der Waals surface area (Å²) in [6.45, 7) is 5.27. The van der Waals surface area contributed by atoms with E-state index >= 15 is 0 Å². The van der Waals surface area contributed by atoms with Crippen molar-refractivity contribution < 1.29 is 0 Å². The van der Waals surface area contributed by atoms with Gasteiger partial charge in [0, 0.05) is 43.4 Å². The van der Waals surface area contributed by atoms with Crippen LogP contribution in [0.1, 0.15) is 6.42 Å². The molecule has 1 unspecified atom stereocenters. The molecule has 0 aromatic heterocycles. The summed E-state index contributed by atoms with van der Waals surface area (Å²) in [5, 5.41) is 3.50. The topological polar surface area (TPSA) is 30.9 Å². The Hall–Kier alpha value is -0.500. The third-order valence-corrected chi connectivity index (χ3v) is 4.61. The van der Waals surface area contributed by atoms with E-state index in [0.717, 1.165) is 43.2 Å². The Labute approximate surface area is 152 Å². The van der Waals surface area contributed by atoms with Gasteiger partial charge in [0.15, 0.2) is 5.96 Å². The molecular formula is C15H22BrIN4. The van der Waals surface area contributed by atoms with Crippen LogP contribution in [0.25, 0.3) is 0 Å². The number of aliphatic imine (C=N–C) groups is 1. The van der Waals surface area contributed by atoms with E-state index in [2.05, 4.69) is 67.4 Å². The number of halogens is 2. The predicted molar refractivity (Wildman–Crippen MR) is 103 cm³/mol. The monoisotopic (exact) mass is 464 g/mol. The minimum atomic E-state index is 0. The molecule has 1 fully saturated rings. The quantitative estimate of drug-likeness (QED) is 0.698. The van der Waals surface area contributed by atoms with Crippen LogP contribution in [0.4, 0.5) is 5.69 Å². The summed E-state index contributed by atoms with van der Waals surface area (Å²) in [5.74, 6) is 1.77. The van der Waals surface area contributed by atoms with Gasteiger partial charge >= 0.3 is 0 Å². The molecule has 0 bridgehead atoms. The molecule has 2 aliphatic heterocycles. The molecular weight excluding hydrogens is 443 g/mol. The van der Waals surface area contributed by atoms with Crippen LogP contribution in [0.2, 0.25) is 0 Å². The van der Waals surface area contributed by atoms with Gasteiger partial charge in [-0.3, -0.25) is 4.99 Å². The van der Waals surface area contributed by atoms with Crippen LogP contribution in [-0.4, -0.2) is 50.6 Å². The van der Waals surface area contributed by atoms with Crippen molar-refractivity contribution in [1.82, 2.24) is 10.2 Å². The zero-order chi connectivity index (χ0) is 13.9. The number of likely N-dealkylation sites (N-methyl/N-ethyl adjacent to an activating group) is 1. The van der Waals surface area contributed by atoms with Crippen LogP contribution in [0.3, 0.4) is 0 Å². The molecule has 21 heavy (non-hydrogen) atoms. The third-order valence-electron chi connectivity index (χ3n) is 4.09. The number of nitrogens with zero attached hydrogens (tertiary/aromatic N) is 3. The van der Waals surface area contributed by atoms with Crippen LogP contribution in [0, 0.1) is 5.92 Å². The largest absolute Gasteiger partial charge is 0.371 e. The van der Waals surface area contributed by atoms with Gasteiger partial charge in [0.25, 0.3) is 0 Å². The van der Waals surface area contributed by atoms with E-state index in [1.165, 1.54) is 12.1 Å². The summed E-state index contributed by atoms with van der Waals surface area (Å²) in [6.07, 6.45) is 1.25. The maximum absolute atomic E-state index is 4.48.